The Labute approximate surface area is 157 Å². The SMILES string of the molecule is CCC(C(=O)O)=C1CC[C@H]2[C@@H]3CCC4=CC(O)CC[C@]4(C)[C@H]3CC[C@]12C. The summed E-state index contributed by atoms with van der Waals surface area (Å²) in [5, 5.41) is 19.8. The first-order chi connectivity index (χ1) is 12.3. The van der Waals surface area contributed by atoms with Gasteiger partial charge in [0.15, 0.2) is 0 Å². The number of hydrogen-bond acceptors (Lipinski definition) is 2. The molecule has 0 amide bonds. The van der Waals surface area contributed by atoms with Crippen molar-refractivity contribution in [2.24, 2.45) is 28.6 Å². The molecule has 3 nitrogen and oxygen atoms in total. The highest BCUT2D eigenvalue weighted by Crippen LogP contribution is 2.67. The van der Waals surface area contributed by atoms with Crippen LogP contribution in [0.3, 0.4) is 0 Å². The van der Waals surface area contributed by atoms with Gasteiger partial charge < -0.3 is 10.2 Å². The van der Waals surface area contributed by atoms with Crippen molar-refractivity contribution in [3.8, 4) is 0 Å². The molecule has 26 heavy (non-hydrogen) atoms. The standard InChI is InChI=1S/C23H34O3/c1-4-16(21(25)26)18-7-8-19-17-6-5-14-13-15(24)9-11-22(14,2)20(17)10-12-23(18,19)3/h13,15,17,19-20,24H,4-12H2,1-3H3,(H,25,26)/t15?,17-,19-,20-,22-,23+/m0/s1. The van der Waals surface area contributed by atoms with E-state index >= 15 is 0 Å². The third-order valence-corrected chi connectivity index (χ3v) is 8.85. The van der Waals surface area contributed by atoms with Crippen molar-refractivity contribution in [1.29, 1.82) is 0 Å². The van der Waals surface area contributed by atoms with E-state index in [4.69, 9.17) is 0 Å². The molecule has 0 heterocycles. The smallest absolute Gasteiger partial charge is 0.331 e. The lowest BCUT2D eigenvalue weighted by Crippen LogP contribution is -2.50. The summed E-state index contributed by atoms with van der Waals surface area (Å²) in [6.45, 7) is 6.81. The summed E-state index contributed by atoms with van der Waals surface area (Å²) in [5.74, 6) is 1.37. The van der Waals surface area contributed by atoms with Crippen LogP contribution in [-0.4, -0.2) is 22.3 Å². The monoisotopic (exact) mass is 358 g/mol. The van der Waals surface area contributed by atoms with Gasteiger partial charge in [-0.05, 0) is 86.4 Å². The van der Waals surface area contributed by atoms with E-state index < -0.39 is 5.97 Å². The van der Waals surface area contributed by atoms with Gasteiger partial charge in [-0.1, -0.05) is 38.0 Å². The summed E-state index contributed by atoms with van der Waals surface area (Å²) in [6, 6.07) is 0. The van der Waals surface area contributed by atoms with Gasteiger partial charge in [0.2, 0.25) is 0 Å². The quantitative estimate of drug-likeness (QED) is 0.533. The van der Waals surface area contributed by atoms with Gasteiger partial charge in [-0.3, -0.25) is 0 Å². The van der Waals surface area contributed by atoms with Crippen molar-refractivity contribution in [3.05, 3.63) is 22.8 Å². The predicted octanol–water partition coefficient (Wildman–Crippen LogP) is 5.10. The predicted molar refractivity (Wildman–Crippen MR) is 103 cm³/mol. The highest BCUT2D eigenvalue weighted by molar-refractivity contribution is 5.87. The molecule has 0 saturated heterocycles. The Morgan fingerprint density at radius 2 is 1.77 bits per heavy atom. The highest BCUT2D eigenvalue weighted by atomic mass is 16.4. The van der Waals surface area contributed by atoms with Crippen LogP contribution < -0.4 is 0 Å². The second kappa shape index (κ2) is 6.22. The molecule has 3 saturated carbocycles. The first kappa shape index (κ1) is 18.3. The Morgan fingerprint density at radius 1 is 1.08 bits per heavy atom. The minimum atomic E-state index is -0.700. The summed E-state index contributed by atoms with van der Waals surface area (Å²) in [4.78, 5) is 11.8. The zero-order chi connectivity index (χ0) is 18.7. The molecule has 0 aromatic heterocycles. The van der Waals surface area contributed by atoms with E-state index in [0.717, 1.165) is 38.0 Å². The normalized spacial score (nSPS) is 46.7. The first-order valence-electron chi connectivity index (χ1n) is 10.7. The van der Waals surface area contributed by atoms with Crippen LogP contribution in [0.25, 0.3) is 0 Å². The molecule has 1 unspecified atom stereocenters. The minimum absolute atomic E-state index is 0.0939. The molecule has 0 radical (unpaired) electrons. The number of aliphatic hydroxyl groups is 1. The van der Waals surface area contributed by atoms with Gasteiger partial charge >= 0.3 is 5.97 Å². The van der Waals surface area contributed by atoms with Crippen LogP contribution in [0.5, 0.6) is 0 Å². The molecule has 4 aliphatic rings. The van der Waals surface area contributed by atoms with E-state index in [1.165, 1.54) is 30.4 Å². The molecule has 3 heteroatoms. The second-order valence-electron chi connectivity index (χ2n) is 9.74. The van der Waals surface area contributed by atoms with Crippen molar-refractivity contribution >= 4 is 5.97 Å². The Bertz CT molecular complexity index is 675. The van der Waals surface area contributed by atoms with E-state index in [2.05, 4.69) is 19.9 Å². The molecular weight excluding hydrogens is 324 g/mol. The maximum absolute atomic E-state index is 11.8. The molecule has 0 spiro atoms. The van der Waals surface area contributed by atoms with E-state index in [1.54, 1.807) is 0 Å². The Morgan fingerprint density at radius 3 is 2.46 bits per heavy atom. The third-order valence-electron chi connectivity index (χ3n) is 8.85. The fourth-order valence-electron chi connectivity index (χ4n) is 7.51. The number of carboxylic acid groups (broad SMARTS) is 1. The van der Waals surface area contributed by atoms with Gasteiger partial charge in [0.25, 0.3) is 0 Å². The van der Waals surface area contributed by atoms with Gasteiger partial charge in [0.05, 0.1) is 6.10 Å². The Balaban J connectivity index is 1.69. The summed E-state index contributed by atoms with van der Waals surface area (Å²) in [6.07, 6.45) is 11.4. The van der Waals surface area contributed by atoms with E-state index in [1.807, 2.05) is 6.92 Å². The van der Waals surface area contributed by atoms with Gasteiger partial charge in [-0.25, -0.2) is 4.79 Å². The first-order valence-corrected chi connectivity index (χ1v) is 10.7. The third kappa shape index (κ3) is 2.46. The lowest BCUT2D eigenvalue weighted by molar-refractivity contribution is -0.133. The molecule has 6 atom stereocenters. The van der Waals surface area contributed by atoms with Crippen LogP contribution in [0.1, 0.15) is 78.6 Å². The van der Waals surface area contributed by atoms with Crippen LogP contribution >= 0.6 is 0 Å². The number of hydrogen-bond donors (Lipinski definition) is 2. The minimum Gasteiger partial charge on any atom is -0.478 e. The average Bonchev–Trinajstić information content (AvgIpc) is 2.93. The van der Waals surface area contributed by atoms with Crippen molar-refractivity contribution in [1.82, 2.24) is 0 Å². The van der Waals surface area contributed by atoms with Crippen LogP contribution in [0.15, 0.2) is 22.8 Å². The van der Waals surface area contributed by atoms with E-state index in [-0.39, 0.29) is 16.9 Å². The summed E-state index contributed by atoms with van der Waals surface area (Å²) in [7, 11) is 0. The fraction of sp³-hybridized carbons (Fsp3) is 0.783. The summed E-state index contributed by atoms with van der Waals surface area (Å²) in [5.41, 5.74) is 3.82. The van der Waals surface area contributed by atoms with Crippen molar-refractivity contribution in [2.75, 3.05) is 0 Å². The molecule has 2 N–H and O–H groups in total. The van der Waals surface area contributed by atoms with Crippen LogP contribution in [0, 0.1) is 28.6 Å². The van der Waals surface area contributed by atoms with Gasteiger partial charge in [-0.2, -0.15) is 0 Å². The molecule has 144 valence electrons. The van der Waals surface area contributed by atoms with Crippen LogP contribution in [0.2, 0.25) is 0 Å². The van der Waals surface area contributed by atoms with Crippen LogP contribution in [0.4, 0.5) is 0 Å². The van der Waals surface area contributed by atoms with Gasteiger partial charge in [-0.15, -0.1) is 0 Å². The summed E-state index contributed by atoms with van der Waals surface area (Å²) < 4.78 is 0. The number of allylic oxidation sites excluding steroid dienone is 2. The molecule has 3 fully saturated rings. The molecule has 0 aromatic rings. The number of rotatable bonds is 2. The van der Waals surface area contributed by atoms with Crippen LogP contribution in [-0.2, 0) is 4.79 Å². The molecule has 0 bridgehead atoms. The molecule has 0 aliphatic heterocycles. The zero-order valence-corrected chi connectivity index (χ0v) is 16.6. The van der Waals surface area contributed by atoms with Gasteiger partial charge in [0, 0.05) is 5.57 Å². The van der Waals surface area contributed by atoms with E-state index in [9.17, 15) is 15.0 Å². The maximum Gasteiger partial charge on any atom is 0.331 e. The number of carboxylic acids is 1. The second-order valence-corrected chi connectivity index (χ2v) is 9.74. The van der Waals surface area contributed by atoms with Crippen molar-refractivity contribution in [3.63, 3.8) is 0 Å². The molecule has 4 rings (SSSR count). The number of fused-ring (bicyclic) bond motifs is 5. The average molecular weight is 359 g/mol. The number of aliphatic carboxylic acids is 1. The number of aliphatic hydroxyl groups excluding tert-OH is 1. The lowest BCUT2D eigenvalue weighted by Gasteiger charge is -2.58. The summed E-state index contributed by atoms with van der Waals surface area (Å²) >= 11 is 0. The lowest BCUT2D eigenvalue weighted by atomic mass is 9.47. The maximum atomic E-state index is 11.8. The van der Waals surface area contributed by atoms with Crippen molar-refractivity contribution < 1.29 is 15.0 Å². The Kier molecular flexibility index (Phi) is 4.38. The topological polar surface area (TPSA) is 57.5 Å². The Hall–Kier alpha value is -1.09. The van der Waals surface area contributed by atoms with Gasteiger partial charge in [0.1, 0.15) is 0 Å². The van der Waals surface area contributed by atoms with Crippen molar-refractivity contribution in [2.45, 2.75) is 84.7 Å². The molecule has 4 aliphatic carbocycles. The largest absolute Gasteiger partial charge is 0.478 e. The molecule has 0 aromatic carbocycles. The number of carbonyl (C=O) groups is 1. The van der Waals surface area contributed by atoms with E-state index in [0.29, 0.717) is 23.8 Å². The fourth-order valence-corrected chi connectivity index (χ4v) is 7.51. The highest BCUT2D eigenvalue weighted by Gasteiger charge is 2.58. The zero-order valence-electron chi connectivity index (χ0n) is 16.6. The molecular formula is C23H34O3.